The lowest BCUT2D eigenvalue weighted by molar-refractivity contribution is -0.245. The predicted molar refractivity (Wildman–Crippen MR) is 219 cm³/mol. The smallest absolute Gasteiger partial charge is 0.256 e. The van der Waals surface area contributed by atoms with Crippen LogP contribution in [-0.4, -0.2) is 97.1 Å². The van der Waals surface area contributed by atoms with Crippen molar-refractivity contribution in [1.82, 2.24) is 39.0 Å². The lowest BCUT2D eigenvalue weighted by Gasteiger charge is -2.27. The summed E-state index contributed by atoms with van der Waals surface area (Å²) in [5, 5.41) is 5.55. The number of rotatable bonds is 7. The van der Waals surface area contributed by atoms with Crippen molar-refractivity contribution >= 4 is 68.4 Å². The SMILES string of the molecule is C=C1O[C@@H](n2cnc3c(NC(=O)c4ccccc4)ncnc32)[C@H]2OC(C)(C)OC12.CC1(C)OC2[C@H](O1)[C@H](n1cnc3c(NC(=O)c4ccccc4)ncnc31)O[C@]2(F)CI. The van der Waals surface area contributed by atoms with E-state index in [0.717, 1.165) is 0 Å². The highest BCUT2D eigenvalue weighted by atomic mass is 127. The lowest BCUT2D eigenvalue weighted by Crippen LogP contribution is -2.40. The van der Waals surface area contributed by atoms with Gasteiger partial charge < -0.3 is 39.1 Å². The Morgan fingerprint density at radius 2 is 1.20 bits per heavy atom. The first-order valence-electron chi connectivity index (χ1n) is 18.8. The molecule has 4 saturated heterocycles. The number of benzene rings is 2. The molecule has 0 bridgehead atoms. The van der Waals surface area contributed by atoms with Crippen molar-refractivity contribution in [2.24, 2.45) is 0 Å². The van der Waals surface area contributed by atoms with Crippen molar-refractivity contribution in [3.63, 3.8) is 0 Å². The van der Waals surface area contributed by atoms with E-state index in [9.17, 15) is 9.59 Å². The molecule has 2 aromatic carbocycles. The molecule has 10 rings (SSSR count). The summed E-state index contributed by atoms with van der Waals surface area (Å²) in [6, 6.07) is 17.7. The molecule has 18 nitrogen and oxygen atoms in total. The van der Waals surface area contributed by atoms with E-state index in [-0.39, 0.29) is 34.3 Å². The van der Waals surface area contributed by atoms with Gasteiger partial charge in [0.15, 0.2) is 64.0 Å². The summed E-state index contributed by atoms with van der Waals surface area (Å²) >= 11 is 1.93. The highest BCUT2D eigenvalue weighted by Crippen LogP contribution is 2.50. The summed E-state index contributed by atoms with van der Waals surface area (Å²) in [6.45, 7) is 11.1. The van der Waals surface area contributed by atoms with E-state index in [1.165, 1.54) is 19.0 Å². The number of hydrogen-bond donors (Lipinski definition) is 2. The Morgan fingerprint density at radius 3 is 1.73 bits per heavy atom. The first-order chi connectivity index (χ1) is 28.7. The molecule has 60 heavy (non-hydrogen) atoms. The summed E-state index contributed by atoms with van der Waals surface area (Å²) < 4.78 is 54.2. The Kier molecular flexibility index (Phi) is 10.1. The molecule has 0 spiro atoms. The number of alkyl halides is 2. The molecular weight excluding hydrogens is 894 g/mol. The molecule has 4 aliphatic rings. The zero-order valence-electron chi connectivity index (χ0n) is 32.6. The number of nitrogens with one attached hydrogen (secondary N) is 2. The maximum absolute atomic E-state index is 15.5. The Morgan fingerprint density at radius 1 is 0.700 bits per heavy atom. The third kappa shape index (κ3) is 7.25. The van der Waals surface area contributed by atoms with Crippen LogP contribution in [0.15, 0.2) is 98.3 Å². The van der Waals surface area contributed by atoms with Gasteiger partial charge in [-0.3, -0.25) is 18.7 Å². The minimum absolute atomic E-state index is 0.0713. The van der Waals surface area contributed by atoms with Crippen LogP contribution < -0.4 is 10.6 Å². The molecule has 310 valence electrons. The van der Waals surface area contributed by atoms with Crippen molar-refractivity contribution in [2.75, 3.05) is 15.1 Å². The molecule has 7 atom stereocenters. The van der Waals surface area contributed by atoms with Crippen molar-refractivity contribution in [1.29, 1.82) is 0 Å². The van der Waals surface area contributed by atoms with Crippen LogP contribution >= 0.6 is 22.6 Å². The molecular formula is C40H38FIN10O8. The number of aromatic nitrogens is 8. The molecule has 8 heterocycles. The monoisotopic (exact) mass is 932 g/mol. The third-order valence-electron chi connectivity index (χ3n) is 10.1. The second-order valence-electron chi connectivity index (χ2n) is 15.2. The number of hydrogen-bond acceptors (Lipinski definition) is 14. The van der Waals surface area contributed by atoms with Gasteiger partial charge in [-0.1, -0.05) is 65.6 Å². The van der Waals surface area contributed by atoms with Gasteiger partial charge in [0, 0.05) is 11.1 Å². The summed E-state index contributed by atoms with van der Waals surface area (Å²) in [4.78, 5) is 50.8. The topological polar surface area (TPSA) is 201 Å². The third-order valence-corrected chi connectivity index (χ3v) is 11.2. The number of carbonyl (C=O) groups excluding carboxylic acids is 2. The molecule has 4 aliphatic heterocycles. The summed E-state index contributed by atoms with van der Waals surface area (Å²) in [7, 11) is 0. The van der Waals surface area contributed by atoms with E-state index < -0.39 is 42.1 Å². The number of fused-ring (bicyclic) bond motifs is 4. The number of anilines is 2. The van der Waals surface area contributed by atoms with Gasteiger partial charge in [-0.15, -0.1) is 0 Å². The number of ether oxygens (including phenoxy) is 6. The Balaban J connectivity index is 0.000000154. The number of amides is 2. The molecule has 0 radical (unpaired) electrons. The molecule has 0 saturated carbocycles. The van der Waals surface area contributed by atoms with Crippen LogP contribution in [0.4, 0.5) is 16.0 Å². The number of nitrogens with zero attached hydrogens (tertiary/aromatic N) is 8. The average molecular weight is 933 g/mol. The summed E-state index contributed by atoms with van der Waals surface area (Å²) in [6.07, 6.45) is 2.04. The van der Waals surface area contributed by atoms with Crippen LogP contribution in [0.5, 0.6) is 0 Å². The predicted octanol–water partition coefficient (Wildman–Crippen LogP) is 5.87. The van der Waals surface area contributed by atoms with Gasteiger partial charge in [0.25, 0.3) is 11.8 Å². The number of halogens is 2. The molecule has 2 N–H and O–H groups in total. The summed E-state index contributed by atoms with van der Waals surface area (Å²) in [5.41, 5.74) is 2.71. The first-order valence-corrected chi connectivity index (χ1v) is 20.3. The summed E-state index contributed by atoms with van der Waals surface area (Å²) in [5.74, 6) is -3.23. The second kappa shape index (κ2) is 15.2. The van der Waals surface area contributed by atoms with Crippen LogP contribution in [0.3, 0.4) is 0 Å². The van der Waals surface area contributed by atoms with Gasteiger partial charge >= 0.3 is 0 Å². The number of carbonyl (C=O) groups is 2. The zero-order chi connectivity index (χ0) is 42.0. The van der Waals surface area contributed by atoms with Crippen LogP contribution in [0.25, 0.3) is 22.3 Å². The van der Waals surface area contributed by atoms with Crippen LogP contribution in [0.2, 0.25) is 0 Å². The fourth-order valence-corrected chi connectivity index (χ4v) is 8.15. The maximum atomic E-state index is 15.5. The molecule has 2 unspecified atom stereocenters. The van der Waals surface area contributed by atoms with Crippen LogP contribution in [0.1, 0.15) is 60.9 Å². The Labute approximate surface area is 355 Å². The van der Waals surface area contributed by atoms with Gasteiger partial charge in [-0.2, -0.15) is 0 Å². The van der Waals surface area contributed by atoms with Gasteiger partial charge in [0.2, 0.25) is 12.1 Å². The minimum atomic E-state index is -2.02. The Hall–Kier alpha value is -5.52. The molecule has 4 aromatic heterocycles. The molecule has 2 amide bonds. The van der Waals surface area contributed by atoms with Crippen LogP contribution in [0, 0.1) is 0 Å². The molecule has 20 heteroatoms. The second-order valence-corrected chi connectivity index (χ2v) is 15.9. The minimum Gasteiger partial charge on any atom is -0.469 e. The highest BCUT2D eigenvalue weighted by molar-refractivity contribution is 14.1. The number of imidazole rings is 2. The highest BCUT2D eigenvalue weighted by Gasteiger charge is 2.64. The first kappa shape index (κ1) is 39.9. The van der Waals surface area contributed by atoms with E-state index in [1.807, 2.05) is 48.6 Å². The largest absolute Gasteiger partial charge is 0.469 e. The molecule has 0 aliphatic carbocycles. The van der Waals surface area contributed by atoms with Crippen molar-refractivity contribution in [3.05, 3.63) is 109 Å². The van der Waals surface area contributed by atoms with Crippen molar-refractivity contribution in [2.45, 2.75) is 82.0 Å². The standard InChI is InChI=1S/C20H19FIN5O4.C20H19N5O4/c1-19(2)29-13-14(30-19)20(21,8-22)31-18(13)27-10-25-12-15(23-9-24-16(12)27)26-17(28)11-6-4-3-5-7-11;1-11-14-15(29-20(2,3)28-14)19(27-11)25-10-23-13-16(21-9-22-17(13)25)24-18(26)12-7-5-4-6-8-12/h3-7,9-10,13-14,18H,8H2,1-2H3,(H,23,24,26,28);4-10,14-15,19H,1H2,2-3H3,(H,21,22,24,26)/t13-,14?,18+,20+;14?,15-,19+/m00/s1. The van der Waals surface area contributed by atoms with Crippen molar-refractivity contribution in [3.8, 4) is 0 Å². The van der Waals surface area contributed by atoms with Crippen molar-refractivity contribution < 1.29 is 42.4 Å². The maximum Gasteiger partial charge on any atom is 0.256 e. The average Bonchev–Trinajstić information content (AvgIpc) is 4.09. The molecule has 4 fully saturated rings. The molecule has 6 aromatic rings. The fraction of sp³-hybridized carbons (Fsp3) is 0.350. The van der Waals surface area contributed by atoms with Gasteiger partial charge in [-0.25, -0.2) is 34.3 Å². The lowest BCUT2D eigenvalue weighted by atomic mass is 10.1. The normalized spacial score (nSPS) is 27.2. The van der Waals surface area contributed by atoms with E-state index in [4.69, 9.17) is 28.4 Å². The van der Waals surface area contributed by atoms with Crippen LogP contribution in [-0.2, 0) is 28.4 Å². The van der Waals surface area contributed by atoms with Gasteiger partial charge in [0.1, 0.15) is 36.9 Å². The zero-order valence-corrected chi connectivity index (χ0v) is 34.7. The van der Waals surface area contributed by atoms with E-state index in [0.29, 0.717) is 45.0 Å². The van der Waals surface area contributed by atoms with Gasteiger partial charge in [-0.05, 0) is 52.0 Å². The van der Waals surface area contributed by atoms with E-state index >= 15 is 4.39 Å². The van der Waals surface area contributed by atoms with E-state index in [1.54, 1.807) is 77.8 Å². The quantitative estimate of drug-likeness (QED) is 0.142. The fourth-order valence-electron chi connectivity index (χ4n) is 7.54. The Bertz CT molecular complexity index is 2610. The van der Waals surface area contributed by atoms with E-state index in [2.05, 4.69) is 47.1 Å². The van der Waals surface area contributed by atoms with Gasteiger partial charge in [0.05, 0.1) is 10.8 Å².